The fourth-order valence-electron chi connectivity index (χ4n) is 3.55. The lowest BCUT2D eigenvalue weighted by Crippen LogP contribution is -2.58. The van der Waals surface area contributed by atoms with Gasteiger partial charge in [-0.3, -0.25) is 14.5 Å². The molecule has 2 aliphatic rings. The van der Waals surface area contributed by atoms with Crippen LogP contribution in [0, 0.1) is 0 Å². The van der Waals surface area contributed by atoms with E-state index in [0.717, 1.165) is 18.7 Å². The number of phenolic OH excluding ortho intramolecular Hbond substituents is 1. The molecule has 7 nitrogen and oxygen atoms in total. The lowest BCUT2D eigenvalue weighted by atomic mass is 9.93. The van der Waals surface area contributed by atoms with Crippen LogP contribution in [0.1, 0.15) is 11.6 Å². The molecule has 9 heteroatoms. The second-order valence-corrected chi connectivity index (χ2v) is 7.40. The second-order valence-electron chi connectivity index (χ2n) is 6.67. The van der Waals surface area contributed by atoms with Gasteiger partial charge in [-0.1, -0.05) is 6.07 Å². The van der Waals surface area contributed by atoms with Gasteiger partial charge in [0.2, 0.25) is 11.8 Å². The van der Waals surface area contributed by atoms with E-state index in [2.05, 4.69) is 4.90 Å². The first-order valence-corrected chi connectivity index (χ1v) is 9.81. The molecule has 1 aromatic carbocycles. The molecular formula is C18H23Cl2N3O4. The zero-order chi connectivity index (χ0) is 19.6. The Hall–Kier alpha value is -1.70. The average molecular weight is 416 g/mol. The van der Waals surface area contributed by atoms with E-state index in [0.29, 0.717) is 31.9 Å². The number of ether oxygens (including phenoxy) is 1. The van der Waals surface area contributed by atoms with Gasteiger partial charge in [0, 0.05) is 39.3 Å². The van der Waals surface area contributed by atoms with Gasteiger partial charge in [-0.25, -0.2) is 0 Å². The SMILES string of the molecule is COc1ccc(C2C(Cl)C(=O)N2CCN2CCN(C(=O)CCl)CC2)cc1O. The van der Waals surface area contributed by atoms with E-state index in [4.69, 9.17) is 27.9 Å². The molecule has 2 fully saturated rings. The van der Waals surface area contributed by atoms with Gasteiger partial charge in [0.05, 0.1) is 13.2 Å². The summed E-state index contributed by atoms with van der Waals surface area (Å²) in [5.74, 6) is 0.270. The molecule has 1 aromatic rings. The summed E-state index contributed by atoms with van der Waals surface area (Å²) in [4.78, 5) is 29.6. The monoisotopic (exact) mass is 415 g/mol. The van der Waals surface area contributed by atoms with Crippen LogP contribution in [-0.2, 0) is 9.59 Å². The molecule has 0 bridgehead atoms. The maximum absolute atomic E-state index is 12.2. The van der Waals surface area contributed by atoms with Gasteiger partial charge in [-0.2, -0.15) is 0 Å². The maximum atomic E-state index is 12.2. The number of hydrogen-bond acceptors (Lipinski definition) is 5. The summed E-state index contributed by atoms with van der Waals surface area (Å²) in [6, 6.07) is 4.81. The highest BCUT2D eigenvalue weighted by Gasteiger charge is 2.47. The summed E-state index contributed by atoms with van der Waals surface area (Å²) in [6.45, 7) is 4.05. The number of halogens is 2. The Morgan fingerprint density at radius 1 is 1.26 bits per heavy atom. The first-order chi connectivity index (χ1) is 13.0. The minimum absolute atomic E-state index is 0.00970. The van der Waals surface area contributed by atoms with Gasteiger partial charge in [-0.05, 0) is 17.7 Å². The van der Waals surface area contributed by atoms with Crippen LogP contribution in [0.15, 0.2) is 18.2 Å². The number of hydrogen-bond donors (Lipinski definition) is 1. The van der Waals surface area contributed by atoms with Crippen LogP contribution in [-0.4, -0.2) is 89.3 Å². The van der Waals surface area contributed by atoms with Crippen molar-refractivity contribution in [2.24, 2.45) is 0 Å². The van der Waals surface area contributed by atoms with Crippen molar-refractivity contribution in [2.75, 3.05) is 52.3 Å². The van der Waals surface area contributed by atoms with Gasteiger partial charge in [0.15, 0.2) is 11.5 Å². The van der Waals surface area contributed by atoms with Crippen LogP contribution in [0.3, 0.4) is 0 Å². The molecule has 27 heavy (non-hydrogen) atoms. The Kier molecular flexibility index (Phi) is 6.34. The molecule has 1 N–H and O–H groups in total. The number of β-lactam (4-membered cyclic amide) rings is 1. The Morgan fingerprint density at radius 3 is 2.56 bits per heavy atom. The van der Waals surface area contributed by atoms with Crippen LogP contribution >= 0.6 is 23.2 Å². The highest BCUT2D eigenvalue weighted by Crippen LogP contribution is 2.41. The van der Waals surface area contributed by atoms with E-state index in [9.17, 15) is 14.7 Å². The van der Waals surface area contributed by atoms with Crippen LogP contribution in [0.25, 0.3) is 0 Å². The number of alkyl halides is 2. The Labute approximate surface area is 168 Å². The standard InChI is InChI=1S/C18H23Cl2N3O4/c1-27-14-3-2-12(10-13(14)24)17-16(20)18(26)23(17)9-6-21-4-7-22(8-5-21)15(25)11-19/h2-3,10,16-17,24H,4-9,11H2,1H3. The molecule has 2 aliphatic heterocycles. The molecule has 3 rings (SSSR count). The minimum Gasteiger partial charge on any atom is -0.504 e. The first kappa shape index (κ1) is 20.0. The fourth-order valence-corrected chi connectivity index (χ4v) is 4.13. The normalized spacial score (nSPS) is 23.3. The predicted octanol–water partition coefficient (Wildman–Crippen LogP) is 1.27. The van der Waals surface area contributed by atoms with E-state index in [1.54, 1.807) is 21.9 Å². The zero-order valence-electron chi connectivity index (χ0n) is 15.1. The summed E-state index contributed by atoms with van der Waals surface area (Å²) in [6.07, 6.45) is 0. The third-order valence-corrected chi connectivity index (χ3v) is 5.83. The number of aromatic hydroxyl groups is 1. The van der Waals surface area contributed by atoms with Crippen LogP contribution < -0.4 is 4.74 Å². The summed E-state index contributed by atoms with van der Waals surface area (Å²) in [5.41, 5.74) is 0.783. The van der Waals surface area contributed by atoms with Gasteiger partial charge >= 0.3 is 0 Å². The molecular weight excluding hydrogens is 393 g/mol. The van der Waals surface area contributed by atoms with Crippen molar-refractivity contribution >= 4 is 35.0 Å². The summed E-state index contributed by atoms with van der Waals surface area (Å²) >= 11 is 11.8. The van der Waals surface area contributed by atoms with E-state index < -0.39 is 5.38 Å². The summed E-state index contributed by atoms with van der Waals surface area (Å²) in [5, 5.41) is 9.37. The van der Waals surface area contributed by atoms with E-state index in [1.165, 1.54) is 7.11 Å². The first-order valence-electron chi connectivity index (χ1n) is 8.83. The Bertz CT molecular complexity index is 710. The number of rotatable bonds is 6. The Balaban J connectivity index is 1.57. The smallest absolute Gasteiger partial charge is 0.243 e. The lowest BCUT2D eigenvalue weighted by molar-refractivity contribution is -0.145. The van der Waals surface area contributed by atoms with Crippen molar-refractivity contribution in [3.05, 3.63) is 23.8 Å². The molecule has 148 valence electrons. The molecule has 2 saturated heterocycles. The van der Waals surface area contributed by atoms with Gasteiger partial charge in [0.25, 0.3) is 0 Å². The number of likely N-dealkylation sites (tertiary alicyclic amines) is 1. The van der Waals surface area contributed by atoms with Crippen molar-refractivity contribution in [1.29, 1.82) is 0 Å². The van der Waals surface area contributed by atoms with Crippen molar-refractivity contribution in [1.82, 2.24) is 14.7 Å². The minimum atomic E-state index is -0.629. The van der Waals surface area contributed by atoms with Crippen molar-refractivity contribution in [2.45, 2.75) is 11.4 Å². The number of amides is 2. The number of benzene rings is 1. The highest BCUT2D eigenvalue weighted by molar-refractivity contribution is 6.33. The van der Waals surface area contributed by atoms with Crippen LogP contribution in [0.5, 0.6) is 11.5 Å². The predicted molar refractivity (Wildman–Crippen MR) is 102 cm³/mol. The molecule has 2 unspecified atom stereocenters. The highest BCUT2D eigenvalue weighted by atomic mass is 35.5. The zero-order valence-corrected chi connectivity index (χ0v) is 16.6. The Morgan fingerprint density at radius 2 is 1.96 bits per heavy atom. The molecule has 0 aromatic heterocycles. The number of nitrogens with zero attached hydrogens (tertiary/aromatic N) is 3. The molecule has 0 spiro atoms. The molecule has 0 aliphatic carbocycles. The number of phenols is 1. The topological polar surface area (TPSA) is 73.3 Å². The number of methoxy groups -OCH3 is 1. The van der Waals surface area contributed by atoms with E-state index >= 15 is 0 Å². The third-order valence-electron chi connectivity index (χ3n) is 5.17. The molecule has 0 radical (unpaired) electrons. The molecule has 2 heterocycles. The van der Waals surface area contributed by atoms with Gasteiger partial charge in [0.1, 0.15) is 11.3 Å². The quantitative estimate of drug-likeness (QED) is 0.559. The number of carbonyl (C=O) groups excluding carboxylic acids is 2. The second kappa shape index (κ2) is 8.54. The lowest BCUT2D eigenvalue weighted by Gasteiger charge is -2.46. The van der Waals surface area contributed by atoms with Gasteiger partial charge < -0.3 is 19.6 Å². The maximum Gasteiger partial charge on any atom is 0.243 e. The van der Waals surface area contributed by atoms with Crippen LogP contribution in [0.2, 0.25) is 0 Å². The third kappa shape index (κ3) is 4.10. The summed E-state index contributed by atoms with van der Waals surface area (Å²) < 4.78 is 5.06. The number of carbonyl (C=O) groups is 2. The van der Waals surface area contributed by atoms with Crippen molar-refractivity contribution in [3.63, 3.8) is 0 Å². The molecule has 2 atom stereocenters. The largest absolute Gasteiger partial charge is 0.504 e. The van der Waals surface area contributed by atoms with E-state index in [-0.39, 0.29) is 29.5 Å². The average Bonchev–Trinajstić information content (AvgIpc) is 2.70. The van der Waals surface area contributed by atoms with Crippen LogP contribution in [0.4, 0.5) is 0 Å². The van der Waals surface area contributed by atoms with Crippen molar-refractivity contribution < 1.29 is 19.4 Å². The molecule has 2 amide bonds. The molecule has 0 saturated carbocycles. The number of piperazine rings is 1. The van der Waals surface area contributed by atoms with Gasteiger partial charge in [-0.15, -0.1) is 23.2 Å². The summed E-state index contributed by atoms with van der Waals surface area (Å²) in [7, 11) is 1.48. The van der Waals surface area contributed by atoms with Crippen molar-refractivity contribution in [3.8, 4) is 11.5 Å². The fraction of sp³-hybridized carbons (Fsp3) is 0.556. The van der Waals surface area contributed by atoms with E-state index in [1.807, 2.05) is 6.07 Å².